The SMILES string of the molecule is Cc1nc(-c2ccc(NC(=O)/C(C#N)=C/c3ccccc3)cc2)cs1. The molecule has 0 spiro atoms. The van der Waals surface area contributed by atoms with Gasteiger partial charge in [0, 0.05) is 16.6 Å². The van der Waals surface area contributed by atoms with Gasteiger partial charge in [-0.1, -0.05) is 42.5 Å². The number of benzene rings is 2. The molecule has 0 aliphatic rings. The Morgan fingerprint density at radius 2 is 1.88 bits per heavy atom. The highest BCUT2D eigenvalue weighted by Gasteiger charge is 2.10. The minimum atomic E-state index is -0.427. The number of amides is 1. The molecule has 1 N–H and O–H groups in total. The highest BCUT2D eigenvalue weighted by atomic mass is 32.1. The molecule has 3 rings (SSSR count). The van der Waals surface area contributed by atoms with E-state index < -0.39 is 5.91 Å². The molecule has 0 unspecified atom stereocenters. The zero-order valence-electron chi connectivity index (χ0n) is 13.6. The lowest BCUT2D eigenvalue weighted by Gasteiger charge is -2.05. The maximum Gasteiger partial charge on any atom is 0.266 e. The van der Waals surface area contributed by atoms with E-state index in [1.807, 2.05) is 60.8 Å². The summed E-state index contributed by atoms with van der Waals surface area (Å²) in [5.41, 5.74) is 3.41. The number of nitrogens with one attached hydrogen (secondary N) is 1. The lowest BCUT2D eigenvalue weighted by Crippen LogP contribution is -2.13. The van der Waals surface area contributed by atoms with Crippen LogP contribution < -0.4 is 5.32 Å². The van der Waals surface area contributed by atoms with E-state index in [1.165, 1.54) is 0 Å². The van der Waals surface area contributed by atoms with E-state index in [-0.39, 0.29) is 5.57 Å². The first-order valence-corrected chi connectivity index (χ1v) is 8.54. The maximum atomic E-state index is 12.3. The summed E-state index contributed by atoms with van der Waals surface area (Å²) in [6, 6.07) is 18.6. The predicted octanol–water partition coefficient (Wildman–Crippen LogP) is 4.66. The second kappa shape index (κ2) is 7.56. The Balaban J connectivity index is 1.74. The van der Waals surface area contributed by atoms with Crippen LogP contribution in [0.3, 0.4) is 0 Å². The van der Waals surface area contributed by atoms with Gasteiger partial charge in [0.15, 0.2) is 0 Å². The van der Waals surface area contributed by atoms with Crippen molar-refractivity contribution in [1.29, 1.82) is 5.26 Å². The molecule has 0 aliphatic heterocycles. The fourth-order valence-electron chi connectivity index (χ4n) is 2.28. The second-order valence-electron chi connectivity index (χ2n) is 5.36. The Bertz CT molecular complexity index is 951. The number of nitrogens with zero attached hydrogens (tertiary/aromatic N) is 2. The van der Waals surface area contributed by atoms with Crippen LogP contribution in [0.15, 0.2) is 65.6 Å². The fraction of sp³-hybridized carbons (Fsp3) is 0.0500. The number of thiazole rings is 1. The minimum Gasteiger partial charge on any atom is -0.321 e. The Labute approximate surface area is 150 Å². The molecular formula is C20H15N3OS. The third kappa shape index (κ3) is 4.19. The van der Waals surface area contributed by atoms with Gasteiger partial charge in [0.2, 0.25) is 0 Å². The normalized spacial score (nSPS) is 11.0. The van der Waals surface area contributed by atoms with Gasteiger partial charge >= 0.3 is 0 Å². The van der Waals surface area contributed by atoms with Crippen LogP contribution in [0.4, 0.5) is 5.69 Å². The van der Waals surface area contributed by atoms with Gasteiger partial charge in [-0.3, -0.25) is 4.79 Å². The number of hydrogen-bond donors (Lipinski definition) is 1. The molecule has 0 bridgehead atoms. The molecule has 0 radical (unpaired) electrons. The summed E-state index contributed by atoms with van der Waals surface area (Å²) in [5.74, 6) is -0.427. The van der Waals surface area contributed by atoms with Gasteiger partial charge in [-0.05, 0) is 30.7 Å². The standard InChI is InChI=1S/C20H15N3OS/c1-14-22-19(13-25-14)16-7-9-18(10-8-16)23-20(24)17(12-21)11-15-5-3-2-4-6-15/h2-11,13H,1H3,(H,23,24)/b17-11+. The van der Waals surface area contributed by atoms with Crippen LogP contribution in [-0.4, -0.2) is 10.9 Å². The molecule has 1 heterocycles. The summed E-state index contributed by atoms with van der Waals surface area (Å²) in [7, 11) is 0. The van der Waals surface area contributed by atoms with Crippen LogP contribution >= 0.6 is 11.3 Å². The molecule has 1 amide bonds. The highest BCUT2D eigenvalue weighted by Crippen LogP contribution is 2.23. The number of rotatable bonds is 4. The lowest BCUT2D eigenvalue weighted by atomic mass is 10.1. The van der Waals surface area contributed by atoms with E-state index in [9.17, 15) is 10.1 Å². The summed E-state index contributed by atoms with van der Waals surface area (Å²) in [6.07, 6.45) is 1.57. The molecule has 4 nitrogen and oxygen atoms in total. The van der Waals surface area contributed by atoms with E-state index in [0.717, 1.165) is 21.8 Å². The Hall–Kier alpha value is -3.23. The molecule has 25 heavy (non-hydrogen) atoms. The summed E-state index contributed by atoms with van der Waals surface area (Å²) < 4.78 is 0. The smallest absolute Gasteiger partial charge is 0.266 e. The molecule has 0 saturated heterocycles. The summed E-state index contributed by atoms with van der Waals surface area (Å²) in [5, 5.41) is 15.0. The van der Waals surface area contributed by atoms with Crippen LogP contribution in [0.5, 0.6) is 0 Å². The quantitative estimate of drug-likeness (QED) is 0.552. The lowest BCUT2D eigenvalue weighted by molar-refractivity contribution is -0.112. The number of nitriles is 1. The third-order valence-electron chi connectivity index (χ3n) is 3.53. The maximum absolute atomic E-state index is 12.3. The number of carbonyl (C=O) groups is 1. The van der Waals surface area contributed by atoms with Crippen molar-refractivity contribution in [1.82, 2.24) is 4.98 Å². The molecule has 0 fully saturated rings. The topological polar surface area (TPSA) is 65.8 Å². The van der Waals surface area contributed by atoms with Gasteiger partial charge in [0.25, 0.3) is 5.91 Å². The van der Waals surface area contributed by atoms with Crippen molar-refractivity contribution >= 4 is 29.0 Å². The first kappa shape index (κ1) is 16.6. The van der Waals surface area contributed by atoms with Gasteiger partial charge in [-0.25, -0.2) is 4.98 Å². The van der Waals surface area contributed by atoms with Gasteiger partial charge in [-0.15, -0.1) is 11.3 Å². The zero-order chi connectivity index (χ0) is 17.6. The molecule has 122 valence electrons. The zero-order valence-corrected chi connectivity index (χ0v) is 14.4. The minimum absolute atomic E-state index is 0.0606. The molecular weight excluding hydrogens is 330 g/mol. The van der Waals surface area contributed by atoms with Crippen molar-refractivity contribution in [2.75, 3.05) is 5.32 Å². The largest absolute Gasteiger partial charge is 0.321 e. The molecule has 3 aromatic rings. The highest BCUT2D eigenvalue weighted by molar-refractivity contribution is 7.09. The number of anilines is 1. The predicted molar refractivity (Wildman–Crippen MR) is 101 cm³/mol. The van der Waals surface area contributed by atoms with Crippen molar-refractivity contribution in [2.24, 2.45) is 0 Å². The Morgan fingerprint density at radius 1 is 1.16 bits per heavy atom. The Kier molecular flexibility index (Phi) is 5.03. The van der Waals surface area contributed by atoms with E-state index >= 15 is 0 Å². The number of hydrogen-bond acceptors (Lipinski definition) is 4. The van der Waals surface area contributed by atoms with Crippen LogP contribution in [0.2, 0.25) is 0 Å². The molecule has 0 saturated carbocycles. The monoisotopic (exact) mass is 345 g/mol. The van der Waals surface area contributed by atoms with Gasteiger partial charge in [-0.2, -0.15) is 5.26 Å². The van der Waals surface area contributed by atoms with E-state index in [4.69, 9.17) is 0 Å². The summed E-state index contributed by atoms with van der Waals surface area (Å²) in [6.45, 7) is 1.96. The van der Waals surface area contributed by atoms with Crippen molar-refractivity contribution in [2.45, 2.75) is 6.92 Å². The van der Waals surface area contributed by atoms with Crippen LogP contribution in [0.1, 0.15) is 10.6 Å². The number of aromatic nitrogens is 1. The third-order valence-corrected chi connectivity index (χ3v) is 4.31. The molecule has 0 atom stereocenters. The van der Waals surface area contributed by atoms with Crippen LogP contribution in [0, 0.1) is 18.3 Å². The second-order valence-corrected chi connectivity index (χ2v) is 6.43. The summed E-state index contributed by atoms with van der Waals surface area (Å²) in [4.78, 5) is 16.7. The van der Waals surface area contributed by atoms with Crippen molar-refractivity contribution < 1.29 is 4.79 Å². The average Bonchev–Trinajstić information content (AvgIpc) is 3.07. The summed E-state index contributed by atoms with van der Waals surface area (Å²) >= 11 is 1.60. The number of carbonyl (C=O) groups excluding carboxylic acids is 1. The molecule has 1 aromatic heterocycles. The van der Waals surface area contributed by atoms with Crippen molar-refractivity contribution in [3.63, 3.8) is 0 Å². The Morgan fingerprint density at radius 3 is 2.48 bits per heavy atom. The molecule has 2 aromatic carbocycles. The van der Waals surface area contributed by atoms with Crippen molar-refractivity contribution in [3.05, 3.63) is 76.1 Å². The van der Waals surface area contributed by atoms with Gasteiger partial charge in [0.1, 0.15) is 11.6 Å². The van der Waals surface area contributed by atoms with E-state index in [1.54, 1.807) is 29.5 Å². The van der Waals surface area contributed by atoms with E-state index in [0.29, 0.717) is 5.69 Å². The fourth-order valence-corrected chi connectivity index (χ4v) is 2.91. The van der Waals surface area contributed by atoms with Crippen LogP contribution in [0.25, 0.3) is 17.3 Å². The van der Waals surface area contributed by atoms with Crippen LogP contribution in [-0.2, 0) is 4.79 Å². The number of aryl methyl sites for hydroxylation is 1. The van der Waals surface area contributed by atoms with Gasteiger partial charge < -0.3 is 5.32 Å². The van der Waals surface area contributed by atoms with Gasteiger partial charge in [0.05, 0.1) is 10.7 Å². The molecule has 5 heteroatoms. The van der Waals surface area contributed by atoms with E-state index in [2.05, 4.69) is 10.3 Å². The first-order chi connectivity index (χ1) is 12.2. The average molecular weight is 345 g/mol. The molecule has 0 aliphatic carbocycles. The van der Waals surface area contributed by atoms with Crippen molar-refractivity contribution in [3.8, 4) is 17.3 Å². The first-order valence-electron chi connectivity index (χ1n) is 7.66.